The Hall–Kier alpha value is 0.495. The summed E-state index contributed by atoms with van der Waals surface area (Å²) in [5, 5.41) is 2.49. The Labute approximate surface area is 122 Å². The third-order valence-electron chi connectivity index (χ3n) is 1.45. The van der Waals surface area contributed by atoms with Gasteiger partial charge in [-0.05, 0) is 18.5 Å². The summed E-state index contributed by atoms with van der Waals surface area (Å²) in [6.07, 6.45) is 2.51. The molecule has 0 fully saturated rings. The van der Waals surface area contributed by atoms with Crippen molar-refractivity contribution in [2.45, 2.75) is 6.42 Å². The van der Waals surface area contributed by atoms with Crippen LogP contribution in [0.5, 0.6) is 0 Å². The van der Waals surface area contributed by atoms with Crippen molar-refractivity contribution in [2.24, 2.45) is 0 Å². The van der Waals surface area contributed by atoms with Crippen LogP contribution in [0.15, 0.2) is 30.3 Å². The molecule has 0 saturated heterocycles. The van der Waals surface area contributed by atoms with Crippen molar-refractivity contribution in [1.82, 2.24) is 5.32 Å². The van der Waals surface area contributed by atoms with Gasteiger partial charge in [0.2, 0.25) is 0 Å². The summed E-state index contributed by atoms with van der Waals surface area (Å²) >= 11 is 0. The van der Waals surface area contributed by atoms with Crippen LogP contribution in [0.25, 0.3) is 0 Å². The first-order valence-electron chi connectivity index (χ1n) is 3.57. The molecule has 12 heavy (non-hydrogen) atoms. The predicted octanol–water partition coefficient (Wildman–Crippen LogP) is -2.11. The van der Waals surface area contributed by atoms with E-state index in [0.29, 0.717) is 6.54 Å². The Bertz CT molecular complexity index is 213. The Kier molecular flexibility index (Phi) is 8.44. The van der Waals surface area contributed by atoms with Crippen molar-refractivity contribution in [1.29, 1.82) is 0 Å². The number of hydrogen-bond donors (Lipinski definition) is 1. The summed E-state index contributed by atoms with van der Waals surface area (Å²) in [6.45, 7) is 0.660. The molecule has 1 aromatic rings. The summed E-state index contributed by atoms with van der Waals surface area (Å²) in [6, 6.07) is 10.0. The van der Waals surface area contributed by atoms with Crippen LogP contribution in [0, 0.1) is 0 Å². The maximum absolute atomic E-state index is 9.76. The molecule has 0 saturated carbocycles. The Balaban J connectivity index is 0.00000121. The average molecular weight is 234 g/mol. The van der Waals surface area contributed by atoms with Gasteiger partial charge in [0.05, 0.1) is 0 Å². The number of benzene rings is 1. The fourth-order valence-electron chi connectivity index (χ4n) is 0.903. The van der Waals surface area contributed by atoms with Gasteiger partial charge in [-0.2, -0.15) is 6.41 Å². The van der Waals surface area contributed by atoms with Crippen LogP contribution in [0.2, 0.25) is 0 Å². The van der Waals surface area contributed by atoms with Gasteiger partial charge in [0.1, 0.15) is 0 Å². The minimum atomic E-state index is 0. The van der Waals surface area contributed by atoms with Crippen LogP contribution in [0.1, 0.15) is 5.56 Å². The molecule has 0 spiro atoms. The third-order valence-corrected chi connectivity index (χ3v) is 1.45. The molecular formula is C9H10NORb. The molecule has 0 aromatic heterocycles. The van der Waals surface area contributed by atoms with Crippen molar-refractivity contribution >= 4 is 6.41 Å². The average Bonchev–Trinajstić information content (AvgIpc) is 2.07. The molecule has 0 unspecified atom stereocenters. The van der Waals surface area contributed by atoms with Gasteiger partial charge in [-0.1, -0.05) is 30.3 Å². The molecule has 2 nitrogen and oxygen atoms in total. The van der Waals surface area contributed by atoms with Crippen LogP contribution in [-0.4, -0.2) is 13.0 Å². The molecular weight excluding hydrogens is 224 g/mol. The quantitative estimate of drug-likeness (QED) is 0.360. The van der Waals surface area contributed by atoms with Crippen molar-refractivity contribution in [2.75, 3.05) is 6.54 Å². The van der Waals surface area contributed by atoms with E-state index in [0.717, 1.165) is 6.42 Å². The Morgan fingerprint density at radius 2 is 1.92 bits per heavy atom. The van der Waals surface area contributed by atoms with Gasteiger partial charge >= 0.3 is 58.2 Å². The molecule has 0 radical (unpaired) electrons. The van der Waals surface area contributed by atoms with E-state index in [1.807, 2.05) is 30.3 Å². The molecule has 0 aliphatic carbocycles. The standard InChI is InChI=1S/C9H10NO.Rb/c11-8-10-7-6-9-4-2-1-3-5-9;/h1-5H,6-7H2,(H,10,11);/q-1;+1. The van der Waals surface area contributed by atoms with Crippen LogP contribution >= 0.6 is 0 Å². The number of nitrogens with one attached hydrogen (secondary N) is 1. The van der Waals surface area contributed by atoms with Crippen molar-refractivity contribution in [3.63, 3.8) is 0 Å². The van der Waals surface area contributed by atoms with E-state index in [9.17, 15) is 4.79 Å². The first-order chi connectivity index (χ1) is 5.43. The van der Waals surface area contributed by atoms with Crippen LogP contribution in [0.3, 0.4) is 0 Å². The fourth-order valence-corrected chi connectivity index (χ4v) is 0.903. The smallest absolute Gasteiger partial charge is 0.530 e. The van der Waals surface area contributed by atoms with Crippen molar-refractivity contribution < 1.29 is 63.0 Å². The molecule has 0 aliphatic heterocycles. The molecule has 1 aromatic carbocycles. The van der Waals surface area contributed by atoms with E-state index in [2.05, 4.69) is 5.32 Å². The molecule has 1 N–H and O–H groups in total. The maximum atomic E-state index is 9.76. The van der Waals surface area contributed by atoms with Crippen molar-refractivity contribution in [3.05, 3.63) is 35.9 Å². The zero-order chi connectivity index (χ0) is 7.94. The fraction of sp³-hybridized carbons (Fsp3) is 0.222. The van der Waals surface area contributed by atoms with E-state index in [1.165, 1.54) is 5.56 Å². The van der Waals surface area contributed by atoms with Gasteiger partial charge in [-0.25, -0.2) is 0 Å². The zero-order valence-corrected chi connectivity index (χ0v) is 12.1. The van der Waals surface area contributed by atoms with E-state index in [-0.39, 0.29) is 58.2 Å². The van der Waals surface area contributed by atoms with Gasteiger partial charge < -0.3 is 10.1 Å². The number of rotatable bonds is 4. The van der Waals surface area contributed by atoms with Gasteiger partial charge in [0.25, 0.3) is 0 Å². The van der Waals surface area contributed by atoms with Gasteiger partial charge in [0, 0.05) is 0 Å². The van der Waals surface area contributed by atoms with E-state index in [4.69, 9.17) is 0 Å². The molecule has 0 atom stereocenters. The molecule has 1 amide bonds. The van der Waals surface area contributed by atoms with Crippen LogP contribution in [0.4, 0.5) is 0 Å². The summed E-state index contributed by atoms with van der Waals surface area (Å²) in [5.41, 5.74) is 1.23. The van der Waals surface area contributed by atoms with Crippen molar-refractivity contribution in [3.8, 4) is 0 Å². The first kappa shape index (κ1) is 12.5. The minimum Gasteiger partial charge on any atom is -0.530 e. The maximum Gasteiger partial charge on any atom is 1.00 e. The monoisotopic (exact) mass is 233 g/mol. The second-order valence-corrected chi connectivity index (χ2v) is 2.26. The third kappa shape index (κ3) is 5.20. The summed E-state index contributed by atoms with van der Waals surface area (Å²) < 4.78 is 0. The summed E-state index contributed by atoms with van der Waals surface area (Å²) in [5.74, 6) is 0. The number of carbonyl (C=O) groups excluding carboxylic acids is 1. The SMILES string of the molecule is O=[C-]NCCc1ccccc1.[Rb+]. The second kappa shape index (κ2) is 8.11. The summed E-state index contributed by atoms with van der Waals surface area (Å²) in [4.78, 5) is 9.76. The van der Waals surface area contributed by atoms with Gasteiger partial charge in [-0.3, -0.25) is 0 Å². The molecule has 0 bridgehead atoms. The minimum absolute atomic E-state index is 0. The van der Waals surface area contributed by atoms with Gasteiger partial charge in [-0.15, -0.1) is 0 Å². The van der Waals surface area contributed by atoms with Crippen LogP contribution in [-0.2, 0) is 11.2 Å². The zero-order valence-electron chi connectivity index (χ0n) is 7.21. The largest absolute Gasteiger partial charge is 1.00 e. The molecule has 58 valence electrons. The predicted molar refractivity (Wildman–Crippen MR) is 43.8 cm³/mol. The Morgan fingerprint density at radius 1 is 1.25 bits per heavy atom. The topological polar surface area (TPSA) is 29.1 Å². The van der Waals surface area contributed by atoms with Crippen LogP contribution < -0.4 is 63.5 Å². The Morgan fingerprint density at radius 3 is 2.50 bits per heavy atom. The molecule has 1 rings (SSSR count). The molecule has 0 heterocycles. The molecule has 0 aliphatic rings. The van der Waals surface area contributed by atoms with Gasteiger partial charge in [0.15, 0.2) is 0 Å². The second-order valence-electron chi connectivity index (χ2n) is 2.26. The van der Waals surface area contributed by atoms with E-state index >= 15 is 0 Å². The number of amides is 1. The normalized spacial score (nSPS) is 8.33. The van der Waals surface area contributed by atoms with E-state index in [1.54, 1.807) is 6.41 Å². The molecule has 3 heteroatoms. The number of hydrogen-bond acceptors (Lipinski definition) is 1. The van der Waals surface area contributed by atoms with E-state index < -0.39 is 0 Å². The summed E-state index contributed by atoms with van der Waals surface area (Å²) in [7, 11) is 0. The first-order valence-corrected chi connectivity index (χ1v) is 3.57.